The summed E-state index contributed by atoms with van der Waals surface area (Å²) in [6.45, 7) is 3.24. The fourth-order valence-corrected chi connectivity index (χ4v) is 2.94. The van der Waals surface area contributed by atoms with Crippen LogP contribution in [0.4, 0.5) is 0 Å². The Bertz CT molecular complexity index is 550. The fourth-order valence-electron chi connectivity index (χ4n) is 2.43. The minimum atomic E-state index is -0.220. The number of benzene rings is 1. The van der Waals surface area contributed by atoms with Crippen molar-refractivity contribution in [2.45, 2.75) is 19.8 Å². The van der Waals surface area contributed by atoms with Gasteiger partial charge in [-0.2, -0.15) is 0 Å². The Hall–Kier alpha value is -0.820. The van der Waals surface area contributed by atoms with E-state index in [1.54, 1.807) is 24.0 Å². The zero-order chi connectivity index (χ0) is 15.4. The van der Waals surface area contributed by atoms with E-state index in [4.69, 9.17) is 16.3 Å². The van der Waals surface area contributed by atoms with Crippen LogP contribution >= 0.6 is 34.2 Å². The van der Waals surface area contributed by atoms with Gasteiger partial charge in [0.2, 0.25) is 0 Å². The first-order valence-electron chi connectivity index (χ1n) is 6.94. The van der Waals surface area contributed by atoms with Crippen LogP contribution in [-0.2, 0) is 9.53 Å². The number of hydrogen-bond acceptors (Lipinski definition) is 3. The molecule has 1 atom stereocenters. The highest BCUT2D eigenvalue weighted by Crippen LogP contribution is 2.23. The monoisotopic (exact) mass is 421 g/mol. The highest BCUT2D eigenvalue weighted by Gasteiger charge is 2.29. The highest BCUT2D eigenvalue weighted by atomic mass is 127. The van der Waals surface area contributed by atoms with Crippen molar-refractivity contribution in [2.24, 2.45) is 5.92 Å². The minimum Gasteiger partial charge on any atom is -0.466 e. The molecule has 0 saturated carbocycles. The minimum absolute atomic E-state index is 0.0812. The molecule has 0 radical (unpaired) electrons. The molecule has 0 aromatic heterocycles. The molecule has 0 aliphatic carbocycles. The van der Waals surface area contributed by atoms with Crippen molar-refractivity contribution in [3.8, 4) is 0 Å². The molecule has 2 rings (SSSR count). The maximum atomic E-state index is 12.5. The lowest BCUT2D eigenvalue weighted by atomic mass is 9.97. The molecule has 1 aromatic rings. The molecular weight excluding hydrogens is 405 g/mol. The second-order valence-electron chi connectivity index (χ2n) is 4.97. The van der Waals surface area contributed by atoms with Crippen molar-refractivity contribution in [3.63, 3.8) is 0 Å². The van der Waals surface area contributed by atoms with Crippen molar-refractivity contribution in [1.82, 2.24) is 4.90 Å². The lowest BCUT2D eigenvalue weighted by Crippen LogP contribution is -2.42. The maximum absolute atomic E-state index is 12.5. The molecule has 1 aliphatic rings. The van der Waals surface area contributed by atoms with E-state index in [-0.39, 0.29) is 17.8 Å². The van der Waals surface area contributed by atoms with E-state index in [0.29, 0.717) is 30.3 Å². The Morgan fingerprint density at radius 2 is 2.24 bits per heavy atom. The third-order valence-electron chi connectivity index (χ3n) is 3.50. The van der Waals surface area contributed by atoms with Crippen molar-refractivity contribution in [1.29, 1.82) is 0 Å². The van der Waals surface area contributed by atoms with Crippen LogP contribution in [0.1, 0.15) is 30.1 Å². The van der Waals surface area contributed by atoms with Crippen LogP contribution in [0.2, 0.25) is 5.02 Å². The summed E-state index contributed by atoms with van der Waals surface area (Å²) in [7, 11) is 0. The van der Waals surface area contributed by atoms with Gasteiger partial charge in [-0.1, -0.05) is 11.6 Å². The van der Waals surface area contributed by atoms with Gasteiger partial charge < -0.3 is 9.64 Å². The molecule has 1 heterocycles. The van der Waals surface area contributed by atoms with Gasteiger partial charge in [0.15, 0.2) is 0 Å². The number of esters is 1. The van der Waals surface area contributed by atoms with Crippen LogP contribution in [-0.4, -0.2) is 36.5 Å². The predicted octanol–water partition coefficient (Wildman–Crippen LogP) is 3.36. The van der Waals surface area contributed by atoms with Crippen molar-refractivity contribution in [3.05, 3.63) is 32.4 Å². The Morgan fingerprint density at radius 3 is 2.90 bits per heavy atom. The quantitative estimate of drug-likeness (QED) is 0.555. The zero-order valence-corrected chi connectivity index (χ0v) is 14.7. The Labute approximate surface area is 142 Å². The number of halogens is 2. The van der Waals surface area contributed by atoms with Gasteiger partial charge in [-0.05, 0) is 60.6 Å². The van der Waals surface area contributed by atoms with E-state index in [9.17, 15) is 9.59 Å². The molecule has 0 N–H and O–H groups in total. The smallest absolute Gasteiger partial charge is 0.310 e. The van der Waals surface area contributed by atoms with E-state index in [2.05, 4.69) is 22.6 Å². The third kappa shape index (κ3) is 4.10. The molecular formula is C15H17ClINO3. The van der Waals surface area contributed by atoms with Gasteiger partial charge in [-0.15, -0.1) is 0 Å². The first kappa shape index (κ1) is 16.5. The summed E-state index contributed by atoms with van der Waals surface area (Å²) in [6, 6.07) is 5.27. The van der Waals surface area contributed by atoms with Gasteiger partial charge in [0.25, 0.3) is 5.91 Å². The van der Waals surface area contributed by atoms with Gasteiger partial charge in [-0.25, -0.2) is 0 Å². The largest absolute Gasteiger partial charge is 0.466 e. The normalized spacial score (nSPS) is 18.4. The molecule has 0 bridgehead atoms. The maximum Gasteiger partial charge on any atom is 0.310 e. The number of amides is 1. The molecule has 1 aromatic carbocycles. The van der Waals surface area contributed by atoms with Gasteiger partial charge >= 0.3 is 5.97 Å². The van der Waals surface area contributed by atoms with E-state index in [1.165, 1.54) is 0 Å². The topological polar surface area (TPSA) is 46.6 Å². The SMILES string of the molecule is CCOC(=O)C1CCCN(C(=O)c2ccc(I)c(Cl)c2)C1. The molecule has 6 heteroatoms. The summed E-state index contributed by atoms with van der Waals surface area (Å²) in [6.07, 6.45) is 1.59. The van der Waals surface area contributed by atoms with Crippen LogP contribution in [0.25, 0.3) is 0 Å². The number of rotatable bonds is 3. The number of hydrogen-bond donors (Lipinski definition) is 0. The van der Waals surface area contributed by atoms with E-state index in [1.807, 2.05) is 6.07 Å². The summed E-state index contributed by atoms with van der Waals surface area (Å²) in [5.74, 6) is -0.514. The van der Waals surface area contributed by atoms with Crippen LogP contribution in [0.15, 0.2) is 18.2 Å². The molecule has 21 heavy (non-hydrogen) atoms. The first-order valence-corrected chi connectivity index (χ1v) is 8.39. The third-order valence-corrected chi connectivity index (χ3v) is 5.07. The average Bonchev–Trinajstić information content (AvgIpc) is 2.49. The molecule has 1 saturated heterocycles. The number of likely N-dealkylation sites (tertiary alicyclic amines) is 1. The van der Waals surface area contributed by atoms with E-state index in [0.717, 1.165) is 16.4 Å². The Morgan fingerprint density at radius 1 is 1.48 bits per heavy atom. The number of ether oxygens (including phenoxy) is 1. The van der Waals surface area contributed by atoms with Crippen molar-refractivity contribution < 1.29 is 14.3 Å². The average molecular weight is 422 g/mol. The van der Waals surface area contributed by atoms with Crippen molar-refractivity contribution >= 4 is 46.1 Å². The van der Waals surface area contributed by atoms with Gasteiger partial charge in [-0.3, -0.25) is 9.59 Å². The second-order valence-corrected chi connectivity index (χ2v) is 6.54. The predicted molar refractivity (Wildman–Crippen MR) is 89.4 cm³/mol. The molecule has 1 fully saturated rings. The number of piperidine rings is 1. The highest BCUT2D eigenvalue weighted by molar-refractivity contribution is 14.1. The first-order chi connectivity index (χ1) is 10.0. The van der Waals surface area contributed by atoms with Crippen LogP contribution in [0.5, 0.6) is 0 Å². The van der Waals surface area contributed by atoms with Gasteiger partial charge in [0, 0.05) is 22.2 Å². The lowest BCUT2D eigenvalue weighted by Gasteiger charge is -2.31. The Balaban J connectivity index is 2.08. The second kappa shape index (κ2) is 7.45. The summed E-state index contributed by atoms with van der Waals surface area (Å²) in [5, 5.41) is 0.570. The van der Waals surface area contributed by atoms with Gasteiger partial charge in [0.1, 0.15) is 0 Å². The standard InChI is InChI=1S/C15H17ClINO3/c1-2-21-15(20)11-4-3-7-18(9-11)14(19)10-5-6-13(17)12(16)8-10/h5-6,8,11H,2-4,7,9H2,1H3. The lowest BCUT2D eigenvalue weighted by molar-refractivity contribution is -0.149. The van der Waals surface area contributed by atoms with Crippen LogP contribution in [0.3, 0.4) is 0 Å². The number of carbonyl (C=O) groups excluding carboxylic acids is 2. The molecule has 114 valence electrons. The summed E-state index contributed by atoms with van der Waals surface area (Å²) in [5.41, 5.74) is 0.560. The van der Waals surface area contributed by atoms with E-state index < -0.39 is 0 Å². The molecule has 1 unspecified atom stereocenters. The van der Waals surface area contributed by atoms with Crippen molar-refractivity contribution in [2.75, 3.05) is 19.7 Å². The van der Waals surface area contributed by atoms with Crippen LogP contribution in [0, 0.1) is 9.49 Å². The molecule has 1 amide bonds. The summed E-state index contributed by atoms with van der Waals surface area (Å²) >= 11 is 8.19. The number of nitrogens with zero attached hydrogens (tertiary/aromatic N) is 1. The molecule has 4 nitrogen and oxygen atoms in total. The fraction of sp³-hybridized carbons (Fsp3) is 0.467. The number of carbonyl (C=O) groups is 2. The summed E-state index contributed by atoms with van der Waals surface area (Å²) < 4.78 is 5.96. The molecule has 0 spiro atoms. The van der Waals surface area contributed by atoms with Gasteiger partial charge in [0.05, 0.1) is 17.5 Å². The van der Waals surface area contributed by atoms with Crippen LogP contribution < -0.4 is 0 Å². The van der Waals surface area contributed by atoms with E-state index >= 15 is 0 Å². The Kier molecular flexibility index (Phi) is 5.87. The zero-order valence-electron chi connectivity index (χ0n) is 11.8. The summed E-state index contributed by atoms with van der Waals surface area (Å²) in [4.78, 5) is 26.0. The molecule has 1 aliphatic heterocycles.